The zero-order valence-corrected chi connectivity index (χ0v) is 20.9. The monoisotopic (exact) mass is 504 g/mol. The van der Waals surface area contributed by atoms with Crippen LogP contribution in [-0.4, -0.2) is 26.6 Å². The summed E-state index contributed by atoms with van der Waals surface area (Å²) in [6, 6.07) is 31.5. The van der Waals surface area contributed by atoms with E-state index in [1.807, 2.05) is 67.6 Å². The molecule has 0 heterocycles. The van der Waals surface area contributed by atoms with Crippen molar-refractivity contribution in [3.63, 3.8) is 0 Å². The molecule has 0 N–H and O–H groups in total. The molecule has 0 radical (unpaired) electrons. The standard InChI is InChI=1S/C28H25O5PS/c1-22-16-18-26(19-17-22)35(31,32)21-23(29)20-33-27-14-8-9-15-28(27)34(30,24-10-4-2-5-11-24)25-12-6-3-7-13-25/h2-19H,20-21H2,1H3. The Morgan fingerprint density at radius 1 is 0.743 bits per heavy atom. The Morgan fingerprint density at radius 2 is 1.26 bits per heavy atom. The summed E-state index contributed by atoms with van der Waals surface area (Å²) in [6.45, 7) is 1.40. The van der Waals surface area contributed by atoms with Crippen LogP contribution >= 0.6 is 7.14 Å². The van der Waals surface area contributed by atoms with Gasteiger partial charge in [0.05, 0.1) is 10.2 Å². The molecule has 0 spiro atoms. The number of ketones is 1. The van der Waals surface area contributed by atoms with Gasteiger partial charge >= 0.3 is 0 Å². The number of Topliss-reactive ketones (excluding diaryl/α,β-unsaturated/α-hetero) is 1. The third kappa shape index (κ3) is 5.45. The van der Waals surface area contributed by atoms with Crippen LogP contribution in [0.4, 0.5) is 0 Å². The quantitative estimate of drug-likeness (QED) is 0.322. The highest BCUT2D eigenvalue weighted by atomic mass is 32.2. The maximum Gasteiger partial charge on any atom is 0.185 e. The largest absolute Gasteiger partial charge is 0.485 e. The molecule has 0 saturated carbocycles. The van der Waals surface area contributed by atoms with Gasteiger partial charge in [-0.3, -0.25) is 4.79 Å². The molecule has 0 amide bonds. The molecule has 0 saturated heterocycles. The molecule has 35 heavy (non-hydrogen) atoms. The van der Waals surface area contributed by atoms with Crippen molar-refractivity contribution in [2.75, 3.05) is 12.4 Å². The Labute approximate surface area is 205 Å². The van der Waals surface area contributed by atoms with Crippen LogP contribution in [0, 0.1) is 6.92 Å². The van der Waals surface area contributed by atoms with Gasteiger partial charge in [-0.1, -0.05) is 90.5 Å². The number of ether oxygens (including phenoxy) is 1. The van der Waals surface area contributed by atoms with Gasteiger partial charge in [0, 0.05) is 10.6 Å². The molecule has 0 aliphatic rings. The van der Waals surface area contributed by atoms with Crippen molar-refractivity contribution in [2.45, 2.75) is 11.8 Å². The second kappa shape index (κ2) is 10.4. The minimum Gasteiger partial charge on any atom is -0.485 e. The van der Waals surface area contributed by atoms with E-state index >= 15 is 0 Å². The number of para-hydroxylation sites is 1. The zero-order chi connectivity index (χ0) is 24.9. The lowest BCUT2D eigenvalue weighted by atomic mass is 10.2. The molecule has 0 atom stereocenters. The molecular weight excluding hydrogens is 479 g/mol. The van der Waals surface area contributed by atoms with E-state index in [2.05, 4.69) is 0 Å². The van der Waals surface area contributed by atoms with Gasteiger partial charge < -0.3 is 9.30 Å². The number of carbonyl (C=O) groups is 1. The van der Waals surface area contributed by atoms with Gasteiger partial charge in [-0.15, -0.1) is 0 Å². The van der Waals surface area contributed by atoms with E-state index in [4.69, 9.17) is 4.74 Å². The van der Waals surface area contributed by atoms with E-state index in [-0.39, 0.29) is 10.6 Å². The number of sulfone groups is 1. The van der Waals surface area contributed by atoms with Crippen LogP contribution in [0.25, 0.3) is 0 Å². The van der Waals surface area contributed by atoms with Crippen LogP contribution in [0.3, 0.4) is 0 Å². The topological polar surface area (TPSA) is 77.5 Å². The molecule has 4 rings (SSSR count). The summed E-state index contributed by atoms with van der Waals surface area (Å²) < 4.78 is 45.7. The minimum atomic E-state index is -3.79. The van der Waals surface area contributed by atoms with E-state index in [0.717, 1.165) is 5.56 Å². The highest BCUT2D eigenvalue weighted by Crippen LogP contribution is 2.44. The molecule has 7 heteroatoms. The Kier molecular flexibility index (Phi) is 7.34. The lowest BCUT2D eigenvalue weighted by Gasteiger charge is -2.22. The van der Waals surface area contributed by atoms with Crippen molar-refractivity contribution >= 4 is 38.7 Å². The average molecular weight is 505 g/mol. The van der Waals surface area contributed by atoms with Crippen LogP contribution < -0.4 is 20.7 Å². The molecule has 0 aliphatic carbocycles. The van der Waals surface area contributed by atoms with Gasteiger partial charge in [0.1, 0.15) is 18.1 Å². The minimum absolute atomic E-state index is 0.0921. The molecule has 0 bridgehead atoms. The van der Waals surface area contributed by atoms with Crippen LogP contribution in [0.2, 0.25) is 0 Å². The summed E-state index contributed by atoms with van der Waals surface area (Å²) in [4.78, 5) is 12.7. The van der Waals surface area contributed by atoms with Gasteiger partial charge in [-0.2, -0.15) is 0 Å². The Bertz CT molecular complexity index is 1420. The molecule has 0 unspecified atom stereocenters. The van der Waals surface area contributed by atoms with E-state index in [9.17, 15) is 17.8 Å². The lowest BCUT2D eigenvalue weighted by molar-refractivity contribution is -0.118. The van der Waals surface area contributed by atoms with Crippen molar-refractivity contribution in [3.05, 3.63) is 115 Å². The lowest BCUT2D eigenvalue weighted by Crippen LogP contribution is -2.28. The summed E-state index contributed by atoms with van der Waals surface area (Å²) in [5.74, 6) is -0.980. The number of hydrogen-bond acceptors (Lipinski definition) is 5. The van der Waals surface area contributed by atoms with Gasteiger partial charge in [0.2, 0.25) is 0 Å². The van der Waals surface area contributed by atoms with E-state index in [1.165, 1.54) is 12.1 Å². The van der Waals surface area contributed by atoms with E-state index in [0.29, 0.717) is 15.9 Å². The van der Waals surface area contributed by atoms with Gasteiger partial charge in [-0.05, 0) is 31.2 Å². The second-order valence-electron chi connectivity index (χ2n) is 8.15. The molecule has 0 aliphatic heterocycles. The molecule has 4 aromatic carbocycles. The molecule has 5 nitrogen and oxygen atoms in total. The molecule has 0 fully saturated rings. The average Bonchev–Trinajstić information content (AvgIpc) is 2.88. The van der Waals surface area contributed by atoms with Crippen molar-refractivity contribution in [2.24, 2.45) is 0 Å². The number of hydrogen-bond donors (Lipinski definition) is 0. The fourth-order valence-corrected chi connectivity index (χ4v) is 7.79. The summed E-state index contributed by atoms with van der Waals surface area (Å²) in [7, 11) is -7.11. The molecule has 4 aromatic rings. The maximum absolute atomic E-state index is 14.7. The van der Waals surface area contributed by atoms with Crippen molar-refractivity contribution in [3.8, 4) is 5.75 Å². The second-order valence-corrected chi connectivity index (χ2v) is 12.9. The van der Waals surface area contributed by atoms with Crippen LogP contribution in [0.15, 0.2) is 114 Å². The summed E-state index contributed by atoms with van der Waals surface area (Å²) >= 11 is 0. The normalized spacial score (nSPS) is 11.7. The number of aryl methyl sites for hydroxylation is 1. The van der Waals surface area contributed by atoms with Crippen LogP contribution in [-0.2, 0) is 19.2 Å². The fourth-order valence-electron chi connectivity index (χ4n) is 3.78. The number of benzene rings is 4. The third-order valence-electron chi connectivity index (χ3n) is 5.56. The first-order chi connectivity index (χ1) is 16.8. The highest BCUT2D eigenvalue weighted by molar-refractivity contribution is 7.92. The Morgan fingerprint density at radius 3 is 1.83 bits per heavy atom. The molecule has 178 valence electrons. The van der Waals surface area contributed by atoms with Crippen molar-refractivity contribution in [1.82, 2.24) is 0 Å². The third-order valence-corrected chi connectivity index (χ3v) is 10.4. The van der Waals surface area contributed by atoms with Crippen molar-refractivity contribution in [1.29, 1.82) is 0 Å². The van der Waals surface area contributed by atoms with E-state index < -0.39 is 35.1 Å². The summed E-state index contributed by atoms with van der Waals surface area (Å²) in [6.07, 6.45) is 0. The van der Waals surface area contributed by atoms with Gasteiger partial charge in [0.25, 0.3) is 0 Å². The summed E-state index contributed by atoms with van der Waals surface area (Å²) in [5, 5.41) is 1.72. The number of carbonyl (C=O) groups excluding carboxylic acids is 1. The SMILES string of the molecule is Cc1ccc(S(=O)(=O)CC(=O)COc2ccccc2P(=O)(c2ccccc2)c2ccccc2)cc1. The number of rotatable bonds is 9. The van der Waals surface area contributed by atoms with Gasteiger partial charge in [-0.25, -0.2) is 8.42 Å². The predicted octanol–water partition coefficient (Wildman–Crippen LogP) is 4.06. The zero-order valence-electron chi connectivity index (χ0n) is 19.2. The Balaban J connectivity index is 1.62. The van der Waals surface area contributed by atoms with Crippen LogP contribution in [0.1, 0.15) is 5.56 Å². The first-order valence-corrected chi connectivity index (χ1v) is 14.4. The highest BCUT2D eigenvalue weighted by Gasteiger charge is 2.32. The van der Waals surface area contributed by atoms with Crippen molar-refractivity contribution < 1.29 is 22.5 Å². The van der Waals surface area contributed by atoms with Gasteiger partial charge in [0.15, 0.2) is 22.8 Å². The smallest absolute Gasteiger partial charge is 0.185 e. The van der Waals surface area contributed by atoms with E-state index in [1.54, 1.807) is 36.4 Å². The molecule has 0 aromatic heterocycles. The predicted molar refractivity (Wildman–Crippen MR) is 140 cm³/mol. The molecular formula is C28H25O5PS. The van der Waals surface area contributed by atoms with Crippen LogP contribution in [0.5, 0.6) is 5.75 Å². The maximum atomic E-state index is 14.7. The first kappa shape index (κ1) is 24.6. The fraction of sp³-hybridized carbons (Fsp3) is 0.107. The summed E-state index contributed by atoms with van der Waals surface area (Å²) in [5.41, 5.74) is 0.927. The first-order valence-electron chi connectivity index (χ1n) is 11.1. The Hall–Kier alpha value is -3.47.